The molecule has 4 rings (SSSR count). The molecule has 2 heterocycles. The van der Waals surface area contributed by atoms with Crippen LogP contribution in [0.15, 0.2) is 24.4 Å². The highest BCUT2D eigenvalue weighted by atomic mass is 16.5. The van der Waals surface area contributed by atoms with E-state index in [1.165, 1.54) is 0 Å². The minimum atomic E-state index is -0.241. The molecule has 9 heteroatoms. The van der Waals surface area contributed by atoms with E-state index in [2.05, 4.69) is 20.6 Å². The fourth-order valence-corrected chi connectivity index (χ4v) is 3.90. The third-order valence-electron chi connectivity index (χ3n) is 5.72. The van der Waals surface area contributed by atoms with Gasteiger partial charge in [-0.3, -0.25) is 9.59 Å². The van der Waals surface area contributed by atoms with Crippen molar-refractivity contribution in [3.8, 4) is 0 Å². The Hall–Kier alpha value is -2.78. The SMILES string of the molecule is CN1CC(CNC(=O)c2cccc3cnc(N[C@H]4CC[C@H](O)CC4)nc23)OCC1=O. The number of nitrogens with one attached hydrogen (secondary N) is 2. The molecular formula is C21H27N5O4. The number of anilines is 1. The first-order chi connectivity index (χ1) is 14.5. The second kappa shape index (κ2) is 8.93. The Labute approximate surface area is 174 Å². The lowest BCUT2D eigenvalue weighted by atomic mass is 9.93. The lowest BCUT2D eigenvalue weighted by molar-refractivity contribution is -0.146. The summed E-state index contributed by atoms with van der Waals surface area (Å²) in [5.74, 6) is 0.185. The maximum absolute atomic E-state index is 12.8. The zero-order chi connectivity index (χ0) is 21.1. The van der Waals surface area contributed by atoms with Gasteiger partial charge < -0.3 is 25.4 Å². The van der Waals surface area contributed by atoms with Crippen molar-refractivity contribution in [1.29, 1.82) is 0 Å². The third kappa shape index (κ3) is 4.68. The third-order valence-corrected chi connectivity index (χ3v) is 5.72. The summed E-state index contributed by atoms with van der Waals surface area (Å²) in [7, 11) is 1.73. The van der Waals surface area contributed by atoms with Crippen molar-refractivity contribution in [2.24, 2.45) is 0 Å². The summed E-state index contributed by atoms with van der Waals surface area (Å²) in [5, 5.41) is 16.7. The number of hydrogen-bond donors (Lipinski definition) is 3. The Bertz CT molecular complexity index is 929. The number of fused-ring (bicyclic) bond motifs is 1. The number of para-hydroxylation sites is 1. The van der Waals surface area contributed by atoms with Crippen molar-refractivity contribution in [3.63, 3.8) is 0 Å². The average Bonchev–Trinajstić information content (AvgIpc) is 2.75. The Balaban J connectivity index is 1.45. The van der Waals surface area contributed by atoms with Crippen LogP contribution in [0.1, 0.15) is 36.0 Å². The van der Waals surface area contributed by atoms with Gasteiger partial charge in [0.05, 0.1) is 23.3 Å². The molecule has 1 aromatic heterocycles. The molecule has 1 aromatic carbocycles. The first-order valence-corrected chi connectivity index (χ1v) is 10.3. The molecule has 1 saturated carbocycles. The summed E-state index contributed by atoms with van der Waals surface area (Å²) in [6, 6.07) is 5.63. The zero-order valence-electron chi connectivity index (χ0n) is 17.0. The minimum absolute atomic E-state index is 0.0335. The number of nitrogens with zero attached hydrogens (tertiary/aromatic N) is 3. The minimum Gasteiger partial charge on any atom is -0.393 e. The molecule has 1 atom stereocenters. The fraction of sp³-hybridized carbons (Fsp3) is 0.524. The normalized spacial score (nSPS) is 24.7. The van der Waals surface area contributed by atoms with Gasteiger partial charge in [0.1, 0.15) is 6.61 Å². The van der Waals surface area contributed by atoms with E-state index in [0.29, 0.717) is 30.1 Å². The highest BCUT2D eigenvalue weighted by Gasteiger charge is 2.24. The van der Waals surface area contributed by atoms with Crippen LogP contribution in [0.4, 0.5) is 5.95 Å². The summed E-state index contributed by atoms with van der Waals surface area (Å²) in [6.45, 7) is 0.792. The number of aliphatic hydroxyl groups is 1. The van der Waals surface area contributed by atoms with E-state index in [1.54, 1.807) is 30.3 Å². The smallest absolute Gasteiger partial charge is 0.253 e. The van der Waals surface area contributed by atoms with Gasteiger partial charge in [0, 0.05) is 37.8 Å². The number of amides is 2. The molecule has 2 aliphatic rings. The first kappa shape index (κ1) is 20.5. The van der Waals surface area contributed by atoms with Gasteiger partial charge in [-0.25, -0.2) is 9.97 Å². The predicted molar refractivity (Wildman–Crippen MR) is 111 cm³/mol. The molecule has 1 unspecified atom stereocenters. The summed E-state index contributed by atoms with van der Waals surface area (Å²) < 4.78 is 5.49. The summed E-state index contributed by atoms with van der Waals surface area (Å²) in [5.41, 5.74) is 1.05. The van der Waals surface area contributed by atoms with Gasteiger partial charge in [0.2, 0.25) is 11.9 Å². The number of morpholine rings is 1. The van der Waals surface area contributed by atoms with Crippen LogP contribution in [-0.4, -0.2) is 76.8 Å². The van der Waals surface area contributed by atoms with Crippen LogP contribution in [0.2, 0.25) is 0 Å². The van der Waals surface area contributed by atoms with Crippen LogP contribution in [-0.2, 0) is 9.53 Å². The molecule has 2 amide bonds. The van der Waals surface area contributed by atoms with E-state index in [4.69, 9.17) is 4.74 Å². The van der Waals surface area contributed by atoms with Crippen LogP contribution >= 0.6 is 0 Å². The molecule has 2 aromatic rings. The largest absolute Gasteiger partial charge is 0.393 e. The zero-order valence-corrected chi connectivity index (χ0v) is 17.0. The Morgan fingerprint density at radius 1 is 1.30 bits per heavy atom. The molecule has 0 bridgehead atoms. The van der Waals surface area contributed by atoms with Crippen molar-refractivity contribution in [2.45, 2.75) is 43.9 Å². The molecule has 3 N–H and O–H groups in total. The predicted octanol–water partition coefficient (Wildman–Crippen LogP) is 0.932. The number of carbonyl (C=O) groups excluding carboxylic acids is 2. The average molecular weight is 413 g/mol. The molecular weight excluding hydrogens is 386 g/mol. The molecule has 0 radical (unpaired) electrons. The molecule has 1 aliphatic carbocycles. The number of hydrogen-bond acceptors (Lipinski definition) is 7. The maximum atomic E-state index is 12.8. The molecule has 0 spiro atoms. The Morgan fingerprint density at radius 2 is 2.10 bits per heavy atom. The van der Waals surface area contributed by atoms with Crippen LogP contribution in [0, 0.1) is 0 Å². The van der Waals surface area contributed by atoms with Gasteiger partial charge in [-0.2, -0.15) is 0 Å². The van der Waals surface area contributed by atoms with Crippen molar-refractivity contribution >= 4 is 28.7 Å². The second-order valence-electron chi connectivity index (χ2n) is 8.00. The van der Waals surface area contributed by atoms with Crippen LogP contribution in [0.25, 0.3) is 10.9 Å². The standard InChI is InChI=1S/C21H27N5O4/c1-26-11-16(30-12-18(26)28)10-22-20(29)17-4-2-3-13-9-23-21(25-19(13)17)24-14-5-7-15(27)8-6-14/h2-4,9,14-16,27H,5-8,10-12H2,1H3,(H,22,29)(H,23,24,25)/t14-,15-,16?. The first-order valence-electron chi connectivity index (χ1n) is 10.3. The van der Waals surface area contributed by atoms with Gasteiger partial charge >= 0.3 is 0 Å². The van der Waals surface area contributed by atoms with Crippen molar-refractivity contribution < 1.29 is 19.4 Å². The topological polar surface area (TPSA) is 117 Å². The molecule has 1 aliphatic heterocycles. The van der Waals surface area contributed by atoms with E-state index in [9.17, 15) is 14.7 Å². The molecule has 2 fully saturated rings. The number of benzene rings is 1. The van der Waals surface area contributed by atoms with Crippen LogP contribution in [0.3, 0.4) is 0 Å². The number of rotatable bonds is 5. The summed E-state index contributed by atoms with van der Waals surface area (Å²) >= 11 is 0. The highest BCUT2D eigenvalue weighted by Crippen LogP contribution is 2.23. The summed E-state index contributed by atoms with van der Waals surface area (Å²) in [6.07, 6.45) is 4.52. The second-order valence-corrected chi connectivity index (χ2v) is 8.00. The van der Waals surface area contributed by atoms with Gasteiger partial charge in [-0.05, 0) is 31.7 Å². The number of aromatic nitrogens is 2. The monoisotopic (exact) mass is 413 g/mol. The summed E-state index contributed by atoms with van der Waals surface area (Å²) in [4.78, 5) is 34.9. The van der Waals surface area contributed by atoms with Crippen molar-refractivity contribution in [2.75, 3.05) is 32.1 Å². The highest BCUT2D eigenvalue weighted by molar-refractivity contribution is 6.05. The molecule has 30 heavy (non-hydrogen) atoms. The van der Waals surface area contributed by atoms with E-state index in [1.807, 2.05) is 6.07 Å². The van der Waals surface area contributed by atoms with E-state index >= 15 is 0 Å². The molecule has 9 nitrogen and oxygen atoms in total. The maximum Gasteiger partial charge on any atom is 0.253 e. The molecule has 1 saturated heterocycles. The van der Waals surface area contributed by atoms with E-state index in [-0.39, 0.29) is 36.7 Å². The van der Waals surface area contributed by atoms with Gasteiger partial charge in [-0.1, -0.05) is 12.1 Å². The Kier molecular flexibility index (Phi) is 6.10. The van der Waals surface area contributed by atoms with Gasteiger partial charge in [-0.15, -0.1) is 0 Å². The number of likely N-dealkylation sites (N-methyl/N-ethyl adjacent to an activating group) is 1. The lowest BCUT2D eigenvalue weighted by Crippen LogP contribution is -2.48. The Morgan fingerprint density at radius 3 is 2.87 bits per heavy atom. The fourth-order valence-electron chi connectivity index (χ4n) is 3.90. The molecule has 160 valence electrons. The van der Waals surface area contributed by atoms with E-state index < -0.39 is 0 Å². The van der Waals surface area contributed by atoms with E-state index in [0.717, 1.165) is 31.1 Å². The number of aliphatic hydroxyl groups excluding tert-OH is 1. The lowest BCUT2D eigenvalue weighted by Gasteiger charge is -2.29. The quantitative estimate of drug-likeness (QED) is 0.668. The van der Waals surface area contributed by atoms with Crippen molar-refractivity contribution in [3.05, 3.63) is 30.0 Å². The van der Waals surface area contributed by atoms with Crippen molar-refractivity contribution in [1.82, 2.24) is 20.2 Å². The van der Waals surface area contributed by atoms with Gasteiger partial charge in [0.15, 0.2) is 0 Å². The van der Waals surface area contributed by atoms with Crippen LogP contribution < -0.4 is 10.6 Å². The van der Waals surface area contributed by atoms with Gasteiger partial charge in [0.25, 0.3) is 5.91 Å². The number of carbonyl (C=O) groups is 2. The number of ether oxygens (including phenoxy) is 1. The van der Waals surface area contributed by atoms with Crippen LogP contribution in [0.5, 0.6) is 0 Å².